The molecule has 23 heavy (non-hydrogen) atoms. The van der Waals surface area contributed by atoms with Crippen molar-refractivity contribution in [3.63, 3.8) is 0 Å². The van der Waals surface area contributed by atoms with Crippen molar-refractivity contribution in [1.29, 1.82) is 0 Å². The first kappa shape index (κ1) is 17.8. The predicted molar refractivity (Wildman–Crippen MR) is 95.5 cm³/mol. The minimum absolute atomic E-state index is 0.0262. The van der Waals surface area contributed by atoms with Crippen LogP contribution in [0.3, 0.4) is 0 Å². The van der Waals surface area contributed by atoms with Crippen LogP contribution >= 0.6 is 11.3 Å². The number of rotatable bonds is 8. The smallest absolute Gasteiger partial charge is 0.261 e. The third-order valence-corrected chi connectivity index (χ3v) is 5.41. The summed E-state index contributed by atoms with van der Waals surface area (Å²) in [6, 6.07) is 5.89. The molecule has 0 saturated heterocycles. The summed E-state index contributed by atoms with van der Waals surface area (Å²) >= 11 is 1.51. The maximum Gasteiger partial charge on any atom is 0.261 e. The molecule has 1 unspecified atom stereocenters. The van der Waals surface area contributed by atoms with Crippen LogP contribution in [0.25, 0.3) is 10.1 Å². The van der Waals surface area contributed by atoms with Gasteiger partial charge >= 0.3 is 0 Å². The highest BCUT2D eigenvalue weighted by Gasteiger charge is 2.17. The molecular weight excluding hydrogens is 310 g/mol. The first-order valence-corrected chi connectivity index (χ1v) is 8.88. The molecule has 1 aromatic carbocycles. The zero-order valence-electron chi connectivity index (χ0n) is 14.0. The molecule has 0 bridgehead atoms. The molecule has 4 nitrogen and oxygen atoms in total. The number of nitrogens with one attached hydrogen (secondary N) is 1. The largest absolute Gasteiger partial charge is 0.497 e. The molecule has 0 spiro atoms. The Hall–Kier alpha value is -1.59. The number of aliphatic hydroxyl groups excluding tert-OH is 1. The molecule has 2 aromatic rings. The Morgan fingerprint density at radius 1 is 1.39 bits per heavy atom. The first-order chi connectivity index (χ1) is 11.1. The average molecular weight is 335 g/mol. The van der Waals surface area contributed by atoms with Gasteiger partial charge in [0.2, 0.25) is 0 Å². The molecule has 0 aliphatic heterocycles. The number of thiophene rings is 1. The van der Waals surface area contributed by atoms with Gasteiger partial charge in [-0.05, 0) is 54.8 Å². The molecule has 5 heteroatoms. The second kappa shape index (κ2) is 8.31. The SMILES string of the molecule is CCCC(CCO)CNC(=O)c1sc2ccc(OC)cc2c1C. The highest BCUT2D eigenvalue weighted by atomic mass is 32.1. The van der Waals surface area contributed by atoms with Crippen molar-refractivity contribution in [1.82, 2.24) is 5.32 Å². The molecule has 1 heterocycles. The number of fused-ring (bicyclic) bond motifs is 1. The zero-order chi connectivity index (χ0) is 16.8. The van der Waals surface area contributed by atoms with Crippen molar-refractivity contribution < 1.29 is 14.6 Å². The van der Waals surface area contributed by atoms with Crippen LogP contribution in [0.4, 0.5) is 0 Å². The standard InChI is InChI=1S/C18H25NO3S/c1-4-5-13(8-9-20)11-19-18(21)17-12(2)15-10-14(22-3)6-7-16(15)23-17/h6-7,10,13,20H,4-5,8-9,11H2,1-3H3,(H,19,21). The summed E-state index contributed by atoms with van der Waals surface area (Å²) in [5, 5.41) is 13.2. The Bertz CT molecular complexity index is 660. The average Bonchev–Trinajstić information content (AvgIpc) is 2.89. The maximum atomic E-state index is 12.5. The topological polar surface area (TPSA) is 58.6 Å². The number of aryl methyl sites for hydroxylation is 1. The summed E-state index contributed by atoms with van der Waals surface area (Å²) < 4.78 is 6.35. The fourth-order valence-corrected chi connectivity index (χ4v) is 3.91. The summed E-state index contributed by atoms with van der Waals surface area (Å²) in [5.74, 6) is 1.11. The lowest BCUT2D eigenvalue weighted by molar-refractivity contribution is 0.0946. The molecule has 2 N–H and O–H groups in total. The van der Waals surface area contributed by atoms with Gasteiger partial charge in [-0.15, -0.1) is 11.3 Å². The van der Waals surface area contributed by atoms with Crippen molar-refractivity contribution in [2.75, 3.05) is 20.3 Å². The number of ether oxygens (including phenoxy) is 1. The fourth-order valence-electron chi connectivity index (χ4n) is 2.80. The third kappa shape index (κ3) is 4.24. The Kier molecular flexibility index (Phi) is 6.42. The van der Waals surface area contributed by atoms with Crippen LogP contribution in [0.2, 0.25) is 0 Å². The van der Waals surface area contributed by atoms with Crippen molar-refractivity contribution in [2.45, 2.75) is 33.1 Å². The van der Waals surface area contributed by atoms with Crippen molar-refractivity contribution in [3.05, 3.63) is 28.6 Å². The quantitative estimate of drug-likeness (QED) is 0.772. The second-order valence-corrected chi connectivity index (χ2v) is 6.85. The van der Waals surface area contributed by atoms with Crippen molar-refractivity contribution in [2.24, 2.45) is 5.92 Å². The van der Waals surface area contributed by atoms with Gasteiger partial charge in [0.15, 0.2) is 0 Å². The Labute approximate surface area is 141 Å². The van der Waals surface area contributed by atoms with Crippen molar-refractivity contribution >= 4 is 27.3 Å². The van der Waals surface area contributed by atoms with Gasteiger partial charge in [0, 0.05) is 17.9 Å². The van der Waals surface area contributed by atoms with Crippen LogP contribution in [0.1, 0.15) is 41.4 Å². The summed E-state index contributed by atoms with van der Waals surface area (Å²) in [6.45, 7) is 4.88. The normalized spacial score (nSPS) is 12.3. The Balaban J connectivity index is 2.13. The number of methoxy groups -OCH3 is 1. The fraction of sp³-hybridized carbons (Fsp3) is 0.500. The highest BCUT2D eigenvalue weighted by molar-refractivity contribution is 7.21. The van der Waals surface area contributed by atoms with E-state index in [1.165, 1.54) is 11.3 Å². The third-order valence-electron chi connectivity index (χ3n) is 4.14. The van der Waals surface area contributed by atoms with Gasteiger partial charge in [-0.1, -0.05) is 13.3 Å². The van der Waals surface area contributed by atoms with Gasteiger partial charge < -0.3 is 15.2 Å². The minimum Gasteiger partial charge on any atom is -0.497 e. The molecule has 1 amide bonds. The molecule has 1 aromatic heterocycles. The van der Waals surface area contributed by atoms with Crippen molar-refractivity contribution in [3.8, 4) is 5.75 Å². The number of hydrogen-bond acceptors (Lipinski definition) is 4. The molecule has 2 rings (SSSR count). The zero-order valence-corrected chi connectivity index (χ0v) is 14.8. The summed E-state index contributed by atoms with van der Waals surface area (Å²) in [7, 11) is 1.64. The van der Waals surface area contributed by atoms with Gasteiger partial charge in [0.1, 0.15) is 5.75 Å². The van der Waals surface area contributed by atoms with E-state index >= 15 is 0 Å². The van der Waals surface area contributed by atoms with Crippen LogP contribution in [0.5, 0.6) is 5.75 Å². The molecule has 0 aliphatic rings. The minimum atomic E-state index is -0.0262. The summed E-state index contributed by atoms with van der Waals surface area (Å²) in [4.78, 5) is 13.3. The molecular formula is C18H25NO3S. The van der Waals surface area contributed by atoms with E-state index in [4.69, 9.17) is 9.84 Å². The van der Waals surface area contributed by atoms with Crippen LogP contribution in [0, 0.1) is 12.8 Å². The lowest BCUT2D eigenvalue weighted by Crippen LogP contribution is -2.29. The monoisotopic (exact) mass is 335 g/mol. The molecule has 0 aliphatic carbocycles. The van der Waals surface area contributed by atoms with E-state index in [-0.39, 0.29) is 12.5 Å². The van der Waals surface area contributed by atoms with Gasteiger partial charge in [-0.2, -0.15) is 0 Å². The van der Waals surface area contributed by atoms with E-state index in [1.54, 1.807) is 7.11 Å². The lowest BCUT2D eigenvalue weighted by atomic mass is 10.0. The number of carbonyl (C=O) groups is 1. The van der Waals surface area contributed by atoms with Crippen LogP contribution < -0.4 is 10.1 Å². The summed E-state index contributed by atoms with van der Waals surface area (Å²) in [6.07, 6.45) is 2.81. The Morgan fingerprint density at radius 3 is 2.83 bits per heavy atom. The number of hydrogen-bond donors (Lipinski definition) is 2. The van der Waals surface area contributed by atoms with E-state index in [1.807, 2.05) is 25.1 Å². The summed E-state index contributed by atoms with van der Waals surface area (Å²) in [5.41, 5.74) is 0.996. The van der Waals surface area contributed by atoms with E-state index in [0.29, 0.717) is 12.5 Å². The number of amides is 1. The van der Waals surface area contributed by atoms with E-state index < -0.39 is 0 Å². The Morgan fingerprint density at radius 2 is 2.17 bits per heavy atom. The van der Waals surface area contributed by atoms with E-state index in [0.717, 1.165) is 45.5 Å². The van der Waals surface area contributed by atoms with Gasteiger partial charge in [-0.3, -0.25) is 4.79 Å². The van der Waals surface area contributed by atoms with Gasteiger partial charge in [-0.25, -0.2) is 0 Å². The van der Waals surface area contributed by atoms with Crippen LogP contribution in [-0.2, 0) is 0 Å². The van der Waals surface area contributed by atoms with E-state index in [2.05, 4.69) is 12.2 Å². The van der Waals surface area contributed by atoms with E-state index in [9.17, 15) is 4.79 Å². The van der Waals surface area contributed by atoms with Gasteiger partial charge in [0.25, 0.3) is 5.91 Å². The number of carbonyl (C=O) groups excluding carboxylic acids is 1. The molecule has 126 valence electrons. The molecule has 1 atom stereocenters. The predicted octanol–water partition coefficient (Wildman–Crippen LogP) is 3.75. The number of aliphatic hydroxyl groups is 1. The van der Waals surface area contributed by atoms with Crippen LogP contribution in [-0.4, -0.2) is 31.3 Å². The van der Waals surface area contributed by atoms with Gasteiger partial charge in [0.05, 0.1) is 12.0 Å². The highest BCUT2D eigenvalue weighted by Crippen LogP contribution is 2.33. The maximum absolute atomic E-state index is 12.5. The lowest BCUT2D eigenvalue weighted by Gasteiger charge is -2.15. The molecule has 0 radical (unpaired) electrons. The van der Waals surface area contributed by atoms with Crippen LogP contribution in [0.15, 0.2) is 18.2 Å². The molecule has 0 saturated carbocycles. The molecule has 0 fully saturated rings. The number of benzene rings is 1. The first-order valence-electron chi connectivity index (χ1n) is 8.06. The second-order valence-electron chi connectivity index (χ2n) is 5.80.